The number of ketones is 2. The first-order valence-corrected chi connectivity index (χ1v) is 21.0. The van der Waals surface area contributed by atoms with Gasteiger partial charge in [0.25, 0.3) is 0 Å². The number of nitrogens with zero attached hydrogens (tertiary/aromatic N) is 3. The van der Waals surface area contributed by atoms with Gasteiger partial charge < -0.3 is 40.7 Å². The monoisotopic (exact) mass is 818 g/mol. The number of phosphoric acid groups is 1. The Balaban J connectivity index is 1.82. The van der Waals surface area contributed by atoms with Gasteiger partial charge in [0.05, 0.1) is 36.9 Å². The number of carbonyl (C=O) groups is 6. The van der Waals surface area contributed by atoms with E-state index in [1.807, 2.05) is 36.6 Å². The number of nitrogens with one attached hydrogen (secondary N) is 2. The van der Waals surface area contributed by atoms with Crippen molar-refractivity contribution in [2.45, 2.75) is 123 Å². The molecule has 57 heavy (non-hydrogen) atoms. The van der Waals surface area contributed by atoms with Gasteiger partial charge in [-0.1, -0.05) is 50.6 Å². The highest BCUT2D eigenvalue weighted by atomic mass is 31.2. The maximum atomic E-state index is 14.1. The molecular formula is C39H59N6O11P. The number of aliphatic hydroxyl groups is 1. The number of likely N-dealkylation sites (tertiary alicyclic amines) is 1. The van der Waals surface area contributed by atoms with E-state index < -0.39 is 86.2 Å². The molecule has 1 aromatic carbocycles. The summed E-state index contributed by atoms with van der Waals surface area (Å²) in [4.78, 5) is 103. The Morgan fingerprint density at radius 2 is 1.67 bits per heavy atom. The van der Waals surface area contributed by atoms with Crippen LogP contribution in [0.25, 0.3) is 0 Å². The number of amides is 4. The number of aryl methyl sites for hydroxylation is 2. The van der Waals surface area contributed by atoms with Crippen LogP contribution in [-0.4, -0.2) is 102 Å². The first kappa shape index (κ1) is 47.1. The van der Waals surface area contributed by atoms with E-state index in [0.29, 0.717) is 31.6 Å². The van der Waals surface area contributed by atoms with Crippen LogP contribution < -0.4 is 16.4 Å². The number of phosphoric ester groups is 1. The number of unbranched alkanes of at least 4 members (excludes halogenated alkanes) is 2. The molecule has 3 rings (SSSR count). The molecular weight excluding hydrogens is 759 g/mol. The molecule has 0 spiro atoms. The summed E-state index contributed by atoms with van der Waals surface area (Å²) >= 11 is 0. The molecule has 4 amide bonds. The summed E-state index contributed by atoms with van der Waals surface area (Å²) in [6, 6.07) is 6.87. The molecule has 1 saturated heterocycles. The number of nitrogens with two attached hydrogens (primary N) is 1. The van der Waals surface area contributed by atoms with Crippen molar-refractivity contribution < 1.29 is 52.7 Å². The molecule has 0 bridgehead atoms. The second kappa shape index (κ2) is 22.6. The molecule has 17 nitrogen and oxygen atoms in total. The first-order valence-electron chi connectivity index (χ1n) is 19.5. The zero-order valence-corrected chi connectivity index (χ0v) is 34.1. The molecule has 1 aliphatic heterocycles. The highest BCUT2D eigenvalue weighted by molar-refractivity contribution is 7.46. The van der Waals surface area contributed by atoms with E-state index >= 15 is 0 Å². The smallest absolute Gasteiger partial charge is 0.394 e. The van der Waals surface area contributed by atoms with E-state index in [2.05, 4.69) is 32.3 Å². The molecule has 1 aromatic heterocycles. The van der Waals surface area contributed by atoms with Crippen LogP contribution in [-0.2, 0) is 57.2 Å². The van der Waals surface area contributed by atoms with Crippen molar-refractivity contribution in [3.05, 3.63) is 54.1 Å². The number of aliphatic hydroxyl groups excluding tert-OH is 1. The van der Waals surface area contributed by atoms with E-state index in [0.717, 1.165) is 32.6 Å². The lowest BCUT2D eigenvalue weighted by Crippen LogP contribution is -2.52. The van der Waals surface area contributed by atoms with E-state index in [-0.39, 0.29) is 31.1 Å². The number of imidazole rings is 1. The Morgan fingerprint density at radius 3 is 2.28 bits per heavy atom. The predicted octanol–water partition coefficient (Wildman–Crippen LogP) is 1.99. The van der Waals surface area contributed by atoms with Gasteiger partial charge in [-0.25, -0.2) is 9.55 Å². The fraction of sp³-hybridized carbons (Fsp3) is 0.615. The minimum atomic E-state index is -5.06. The van der Waals surface area contributed by atoms with E-state index in [1.165, 1.54) is 17.4 Å². The number of benzene rings is 1. The molecule has 6 atom stereocenters. The topological polar surface area (TPSA) is 261 Å². The summed E-state index contributed by atoms with van der Waals surface area (Å²) in [5.41, 5.74) is 7.30. The average Bonchev–Trinajstić information content (AvgIpc) is 3.81. The van der Waals surface area contributed by atoms with Gasteiger partial charge in [-0.3, -0.25) is 33.3 Å². The molecule has 1 aliphatic rings. The van der Waals surface area contributed by atoms with Gasteiger partial charge in [-0.15, -0.1) is 0 Å². The van der Waals surface area contributed by atoms with Gasteiger partial charge in [0.1, 0.15) is 12.1 Å². The van der Waals surface area contributed by atoms with Gasteiger partial charge >= 0.3 is 7.82 Å². The maximum Gasteiger partial charge on any atom is 0.469 e. The van der Waals surface area contributed by atoms with Crippen LogP contribution in [0.5, 0.6) is 0 Å². The summed E-state index contributed by atoms with van der Waals surface area (Å²) in [7, 11) is -5.06. The number of primary amides is 1. The van der Waals surface area contributed by atoms with Crippen LogP contribution in [0.1, 0.15) is 90.3 Å². The van der Waals surface area contributed by atoms with Gasteiger partial charge in [0, 0.05) is 51.2 Å². The zero-order chi connectivity index (χ0) is 42.3. The molecule has 0 saturated carbocycles. The summed E-state index contributed by atoms with van der Waals surface area (Å²) in [6.45, 7) is 6.43. The Bertz CT molecular complexity index is 1710. The first-order chi connectivity index (χ1) is 26.9. The quantitative estimate of drug-likeness (QED) is 0.0621. The Morgan fingerprint density at radius 1 is 0.982 bits per heavy atom. The molecule has 2 aromatic rings. The number of rotatable bonds is 25. The fourth-order valence-electron chi connectivity index (χ4n) is 7.14. The van der Waals surface area contributed by atoms with E-state index in [9.17, 15) is 48.2 Å². The summed E-state index contributed by atoms with van der Waals surface area (Å²) in [6.07, 6.45) is 5.68. The summed E-state index contributed by atoms with van der Waals surface area (Å²) < 4.78 is 17.8. The minimum Gasteiger partial charge on any atom is -0.394 e. The van der Waals surface area contributed by atoms with Crippen LogP contribution in [0, 0.1) is 17.8 Å². The molecule has 0 aliphatic carbocycles. The second-order valence-corrected chi connectivity index (χ2v) is 16.4. The molecule has 316 valence electrons. The fourth-order valence-corrected chi connectivity index (χ4v) is 7.72. The van der Waals surface area contributed by atoms with Gasteiger partial charge in [-0.05, 0) is 56.9 Å². The zero-order valence-electron chi connectivity index (χ0n) is 33.2. The van der Waals surface area contributed by atoms with Crippen LogP contribution in [0.4, 0.5) is 0 Å². The molecule has 0 unspecified atom stereocenters. The number of aromatic nitrogens is 2. The third-order valence-corrected chi connectivity index (χ3v) is 10.8. The van der Waals surface area contributed by atoms with Crippen molar-refractivity contribution in [1.29, 1.82) is 0 Å². The molecule has 7 N–H and O–H groups in total. The third-order valence-electron chi connectivity index (χ3n) is 10.2. The Kier molecular flexibility index (Phi) is 18.7. The van der Waals surface area contributed by atoms with Crippen LogP contribution in [0.3, 0.4) is 0 Å². The van der Waals surface area contributed by atoms with Gasteiger partial charge in [-0.2, -0.15) is 0 Å². The standard InChI is InChI=1S/C39H59N6O11P/c1-25(2)18-32(42-39(52)34-15-11-17-45(34)27(4)47)35(48)20-29(19-30-22-41-24-44(30)16-10-6-9-14-28-12-7-5-8-13-28)38(51)43-33(23-46)36(49)21-31(37(40)50)26(3)56-57(53,54)55/h5,7-8,12-13,22,24-26,29,31-34,46H,6,9-11,14-21,23H2,1-4H3,(H2,40,50)(H,42,52)(H,43,51)(H2,53,54,55)/t26-,29-,31+,32+,33+,34+/m1/s1. The van der Waals surface area contributed by atoms with Crippen molar-refractivity contribution >= 4 is 43.0 Å². The van der Waals surface area contributed by atoms with E-state index in [4.69, 9.17) is 5.73 Å². The van der Waals surface area contributed by atoms with Crippen molar-refractivity contribution in [1.82, 2.24) is 25.1 Å². The number of hydrogen-bond donors (Lipinski definition) is 6. The highest BCUT2D eigenvalue weighted by Crippen LogP contribution is 2.39. The number of carbonyl (C=O) groups excluding carboxylic acids is 6. The predicted molar refractivity (Wildman–Crippen MR) is 209 cm³/mol. The lowest BCUT2D eigenvalue weighted by Gasteiger charge is -2.27. The number of Topliss-reactive ketones (excluding diaryl/α,β-unsaturated/α-hetero) is 2. The highest BCUT2D eigenvalue weighted by Gasteiger charge is 2.37. The number of hydrogen-bond acceptors (Lipinski definition) is 10. The summed E-state index contributed by atoms with van der Waals surface area (Å²) in [5.74, 6) is -6.52. The SMILES string of the molecule is CC(=O)N1CCC[C@H]1C(=O)N[C@@H](CC(C)C)C(=O)C[C@@H](Cc1cncn1CCCCCc1ccccc1)C(=O)N[C@@H](CO)C(=O)C[C@H](C(N)=O)[C@@H](C)OP(=O)(O)O. The van der Waals surface area contributed by atoms with Crippen molar-refractivity contribution in [3.8, 4) is 0 Å². The molecule has 0 radical (unpaired) electrons. The van der Waals surface area contributed by atoms with Crippen molar-refractivity contribution in [2.75, 3.05) is 13.2 Å². The van der Waals surface area contributed by atoms with Gasteiger partial charge in [0.2, 0.25) is 23.6 Å². The Hall–Kier alpha value is -4.28. The molecule has 1 fully saturated rings. The van der Waals surface area contributed by atoms with Crippen molar-refractivity contribution in [3.63, 3.8) is 0 Å². The Labute approximate surface area is 333 Å². The molecule has 18 heteroatoms. The van der Waals surface area contributed by atoms with Crippen molar-refractivity contribution in [2.24, 2.45) is 23.5 Å². The van der Waals surface area contributed by atoms with Gasteiger partial charge in [0.15, 0.2) is 11.6 Å². The lowest BCUT2D eigenvalue weighted by molar-refractivity contribution is -0.138. The lowest BCUT2D eigenvalue weighted by atomic mass is 9.89. The third kappa shape index (κ3) is 15.5. The largest absolute Gasteiger partial charge is 0.469 e. The van der Waals surface area contributed by atoms with Crippen LogP contribution in [0.2, 0.25) is 0 Å². The van der Waals surface area contributed by atoms with Crippen LogP contribution >= 0.6 is 7.82 Å². The maximum absolute atomic E-state index is 14.1. The van der Waals surface area contributed by atoms with E-state index in [1.54, 1.807) is 12.5 Å². The average molecular weight is 819 g/mol. The summed E-state index contributed by atoms with van der Waals surface area (Å²) in [5, 5.41) is 15.5. The minimum absolute atomic E-state index is 0.00802. The van der Waals surface area contributed by atoms with Crippen LogP contribution in [0.15, 0.2) is 42.9 Å². The second-order valence-electron chi connectivity index (χ2n) is 15.2. The normalized spacial score (nSPS) is 17.1. The molecule has 2 heterocycles.